The van der Waals surface area contributed by atoms with E-state index in [0.717, 1.165) is 66.7 Å². The zero-order chi connectivity index (χ0) is 18.2. The molecule has 7 heteroatoms. The third-order valence-corrected chi connectivity index (χ3v) is 5.75. The van der Waals surface area contributed by atoms with Crippen LogP contribution in [0.25, 0.3) is 16.1 Å². The van der Waals surface area contributed by atoms with E-state index >= 15 is 0 Å². The lowest BCUT2D eigenvalue weighted by Gasteiger charge is -2.28. The minimum atomic E-state index is -0.138. The predicted molar refractivity (Wildman–Crippen MR) is 106 cm³/mol. The van der Waals surface area contributed by atoms with Gasteiger partial charge >= 0.3 is 4.87 Å². The van der Waals surface area contributed by atoms with E-state index < -0.39 is 0 Å². The first-order valence-electron chi connectivity index (χ1n) is 8.97. The lowest BCUT2D eigenvalue weighted by molar-refractivity contribution is 0.122. The number of aromatic nitrogens is 3. The van der Waals surface area contributed by atoms with Crippen molar-refractivity contribution in [2.24, 2.45) is 0 Å². The van der Waals surface area contributed by atoms with Crippen LogP contribution in [-0.4, -0.2) is 41.5 Å². The first kappa shape index (κ1) is 16.4. The Morgan fingerprint density at radius 2 is 2.04 bits per heavy atom. The number of ether oxygens (including phenoxy) is 1. The Bertz CT molecular complexity index is 1080. The molecule has 6 nitrogen and oxygen atoms in total. The second kappa shape index (κ2) is 6.75. The number of H-pyrrole nitrogens is 1. The fraction of sp³-hybridized carbons (Fsp3) is 0.250. The fourth-order valence-electron chi connectivity index (χ4n) is 3.60. The number of nitrogens with zero attached hydrogens (tertiary/aromatic N) is 3. The molecular weight excluding hydrogens is 360 g/mol. The van der Waals surface area contributed by atoms with Crippen molar-refractivity contribution in [3.63, 3.8) is 0 Å². The van der Waals surface area contributed by atoms with Crippen LogP contribution < -0.4 is 9.77 Å². The fourth-order valence-corrected chi connectivity index (χ4v) is 4.20. The highest BCUT2D eigenvalue weighted by Gasteiger charge is 2.20. The van der Waals surface area contributed by atoms with E-state index in [2.05, 4.69) is 51.5 Å². The topological polar surface area (TPSA) is 71.1 Å². The third-order valence-electron chi connectivity index (χ3n) is 4.96. The molecule has 1 fully saturated rings. The van der Waals surface area contributed by atoms with Crippen LogP contribution in [0.1, 0.15) is 16.8 Å². The summed E-state index contributed by atoms with van der Waals surface area (Å²) in [6.07, 6.45) is 3.12. The van der Waals surface area contributed by atoms with Gasteiger partial charge in [0, 0.05) is 24.2 Å². The van der Waals surface area contributed by atoms with Gasteiger partial charge in [0.1, 0.15) is 10.8 Å². The molecule has 1 aromatic carbocycles. The molecule has 0 radical (unpaired) electrons. The van der Waals surface area contributed by atoms with Crippen molar-refractivity contribution >= 4 is 22.7 Å². The van der Waals surface area contributed by atoms with Crippen molar-refractivity contribution in [3.05, 3.63) is 69.0 Å². The molecule has 2 aromatic heterocycles. The zero-order valence-electron chi connectivity index (χ0n) is 14.6. The maximum atomic E-state index is 11.4. The molecule has 3 aromatic rings. The molecule has 5 rings (SSSR count). The molecule has 0 atom stereocenters. The van der Waals surface area contributed by atoms with E-state index in [1.807, 2.05) is 6.07 Å². The van der Waals surface area contributed by atoms with Crippen molar-refractivity contribution in [2.45, 2.75) is 6.42 Å². The molecule has 0 spiro atoms. The molecule has 1 N–H and O–H groups in total. The Morgan fingerprint density at radius 3 is 2.85 bits per heavy atom. The van der Waals surface area contributed by atoms with E-state index in [1.54, 1.807) is 0 Å². The van der Waals surface area contributed by atoms with Gasteiger partial charge in [0.05, 0.1) is 18.9 Å². The maximum absolute atomic E-state index is 11.4. The number of hydrogen-bond donors (Lipinski definition) is 1. The third kappa shape index (κ3) is 3.09. The smallest absolute Gasteiger partial charge is 0.322 e. The second-order valence-electron chi connectivity index (χ2n) is 6.59. The summed E-state index contributed by atoms with van der Waals surface area (Å²) in [5.41, 5.74) is 5.51. The number of nitrogens with one attached hydrogen (secondary N) is 1. The SMILES string of the molecule is O=c1[nH]nc(-c2ccc3c(c2)C(c2cccc(N4CCOCC4)n2)=CC3)s1. The Labute approximate surface area is 160 Å². The normalized spacial score (nSPS) is 16.3. The summed E-state index contributed by atoms with van der Waals surface area (Å²) >= 11 is 1.13. The van der Waals surface area contributed by atoms with Gasteiger partial charge in [-0.25, -0.2) is 10.1 Å². The Hall–Kier alpha value is -2.77. The summed E-state index contributed by atoms with van der Waals surface area (Å²) in [6, 6.07) is 12.4. The van der Waals surface area contributed by atoms with E-state index in [9.17, 15) is 4.79 Å². The Kier molecular flexibility index (Phi) is 4.10. The largest absolute Gasteiger partial charge is 0.378 e. The van der Waals surface area contributed by atoms with Crippen LogP contribution in [0.5, 0.6) is 0 Å². The van der Waals surface area contributed by atoms with Gasteiger partial charge in [0.15, 0.2) is 0 Å². The molecule has 1 aliphatic carbocycles. The predicted octanol–water partition coefficient (Wildman–Crippen LogP) is 2.72. The highest BCUT2D eigenvalue weighted by Crippen LogP contribution is 2.35. The van der Waals surface area contributed by atoms with Gasteiger partial charge in [-0.05, 0) is 35.7 Å². The number of pyridine rings is 1. The van der Waals surface area contributed by atoms with Gasteiger partial charge < -0.3 is 9.64 Å². The molecule has 3 heterocycles. The number of benzene rings is 1. The lowest BCUT2D eigenvalue weighted by atomic mass is 10.0. The summed E-state index contributed by atoms with van der Waals surface area (Å²) in [5, 5.41) is 7.32. The lowest BCUT2D eigenvalue weighted by Crippen LogP contribution is -2.36. The van der Waals surface area contributed by atoms with Gasteiger partial charge in [-0.3, -0.25) is 4.79 Å². The quantitative estimate of drug-likeness (QED) is 0.759. The number of fused-ring (bicyclic) bond motifs is 1. The number of allylic oxidation sites excluding steroid dienone is 1. The van der Waals surface area contributed by atoms with Gasteiger partial charge in [0.2, 0.25) is 0 Å². The summed E-state index contributed by atoms with van der Waals surface area (Å²) in [6.45, 7) is 3.23. The van der Waals surface area contributed by atoms with Crippen molar-refractivity contribution in [1.82, 2.24) is 15.2 Å². The average Bonchev–Trinajstić information content (AvgIpc) is 3.34. The highest BCUT2D eigenvalue weighted by atomic mass is 32.1. The maximum Gasteiger partial charge on any atom is 0.322 e. The minimum absolute atomic E-state index is 0.138. The summed E-state index contributed by atoms with van der Waals surface area (Å²) < 4.78 is 5.44. The summed E-state index contributed by atoms with van der Waals surface area (Å²) in [5.74, 6) is 0.992. The first-order valence-corrected chi connectivity index (χ1v) is 9.79. The number of morpholine rings is 1. The Balaban J connectivity index is 1.50. The van der Waals surface area contributed by atoms with E-state index in [4.69, 9.17) is 9.72 Å². The van der Waals surface area contributed by atoms with E-state index in [1.165, 1.54) is 11.1 Å². The van der Waals surface area contributed by atoms with Gasteiger partial charge in [0.25, 0.3) is 0 Å². The van der Waals surface area contributed by atoms with Crippen LogP contribution in [0.3, 0.4) is 0 Å². The first-order chi connectivity index (χ1) is 13.3. The van der Waals surface area contributed by atoms with Crippen molar-refractivity contribution in [2.75, 3.05) is 31.2 Å². The summed E-state index contributed by atoms with van der Waals surface area (Å²) in [7, 11) is 0. The molecule has 1 saturated heterocycles. The molecule has 27 heavy (non-hydrogen) atoms. The molecule has 1 aliphatic heterocycles. The monoisotopic (exact) mass is 378 g/mol. The second-order valence-corrected chi connectivity index (χ2v) is 7.55. The molecule has 2 aliphatic rings. The van der Waals surface area contributed by atoms with Crippen molar-refractivity contribution in [1.29, 1.82) is 0 Å². The van der Waals surface area contributed by atoms with E-state index in [-0.39, 0.29) is 4.87 Å². The standard InChI is InChI=1S/C20H18N4O2S/c25-20-23-22-19(27-20)14-5-4-13-6-7-15(16(13)12-14)17-2-1-3-18(21-17)24-8-10-26-11-9-24/h1-5,7,12H,6,8-11H2,(H,23,25). The van der Waals surface area contributed by atoms with Crippen LogP contribution in [0, 0.1) is 0 Å². The van der Waals surface area contributed by atoms with Gasteiger partial charge in [-0.1, -0.05) is 35.6 Å². The molecule has 136 valence electrons. The van der Waals surface area contributed by atoms with Crippen LogP contribution in [0.4, 0.5) is 5.82 Å². The van der Waals surface area contributed by atoms with Crippen molar-refractivity contribution in [3.8, 4) is 10.6 Å². The molecular formula is C20H18N4O2S. The zero-order valence-corrected chi connectivity index (χ0v) is 15.5. The summed E-state index contributed by atoms with van der Waals surface area (Å²) in [4.78, 5) is 18.5. The highest BCUT2D eigenvalue weighted by molar-refractivity contribution is 7.12. The number of aromatic amines is 1. The van der Waals surface area contributed by atoms with Crippen LogP contribution >= 0.6 is 11.3 Å². The molecule has 0 saturated carbocycles. The molecule has 0 bridgehead atoms. The van der Waals surface area contributed by atoms with Crippen molar-refractivity contribution < 1.29 is 4.74 Å². The van der Waals surface area contributed by atoms with Crippen LogP contribution in [0.15, 0.2) is 47.3 Å². The van der Waals surface area contributed by atoms with Crippen LogP contribution in [-0.2, 0) is 11.2 Å². The molecule has 0 amide bonds. The Morgan fingerprint density at radius 1 is 1.15 bits per heavy atom. The minimum Gasteiger partial charge on any atom is -0.378 e. The number of hydrogen-bond acceptors (Lipinski definition) is 6. The van der Waals surface area contributed by atoms with E-state index in [0.29, 0.717) is 5.01 Å². The number of anilines is 1. The number of rotatable bonds is 3. The molecule has 0 unspecified atom stereocenters. The van der Waals surface area contributed by atoms with Gasteiger partial charge in [-0.2, -0.15) is 5.10 Å². The average molecular weight is 378 g/mol. The van der Waals surface area contributed by atoms with Crippen LogP contribution in [0.2, 0.25) is 0 Å². The van der Waals surface area contributed by atoms with Gasteiger partial charge in [-0.15, -0.1) is 0 Å².